The summed E-state index contributed by atoms with van der Waals surface area (Å²) >= 11 is 0. The van der Waals surface area contributed by atoms with E-state index in [9.17, 15) is 0 Å². The SMILES string of the molecule is Cc1[nH]c2cc3c(cc2c1C)CCCO3. The molecule has 0 fully saturated rings. The van der Waals surface area contributed by atoms with Gasteiger partial charge >= 0.3 is 0 Å². The molecular weight excluding hydrogens is 186 g/mol. The zero-order valence-corrected chi connectivity index (χ0v) is 9.18. The van der Waals surface area contributed by atoms with Gasteiger partial charge in [-0.15, -0.1) is 0 Å². The van der Waals surface area contributed by atoms with E-state index >= 15 is 0 Å². The molecule has 1 aliphatic heterocycles. The fourth-order valence-electron chi connectivity index (χ4n) is 2.31. The van der Waals surface area contributed by atoms with Crippen LogP contribution >= 0.6 is 0 Å². The summed E-state index contributed by atoms with van der Waals surface area (Å²) in [4.78, 5) is 3.40. The fourth-order valence-corrected chi connectivity index (χ4v) is 2.31. The highest BCUT2D eigenvalue weighted by Gasteiger charge is 2.13. The zero-order valence-electron chi connectivity index (χ0n) is 9.18. The van der Waals surface area contributed by atoms with E-state index in [-0.39, 0.29) is 0 Å². The number of hydrogen-bond donors (Lipinski definition) is 1. The molecule has 3 rings (SSSR count). The molecule has 0 saturated carbocycles. The summed E-state index contributed by atoms with van der Waals surface area (Å²) in [6.07, 6.45) is 2.29. The summed E-state index contributed by atoms with van der Waals surface area (Å²) in [7, 11) is 0. The van der Waals surface area contributed by atoms with E-state index < -0.39 is 0 Å². The lowest BCUT2D eigenvalue weighted by atomic mass is 10.0. The fraction of sp³-hybridized carbons (Fsp3) is 0.385. The number of hydrogen-bond acceptors (Lipinski definition) is 1. The smallest absolute Gasteiger partial charge is 0.124 e. The van der Waals surface area contributed by atoms with Gasteiger partial charge in [0.2, 0.25) is 0 Å². The average Bonchev–Trinajstić information content (AvgIpc) is 2.52. The minimum absolute atomic E-state index is 0.858. The normalized spacial score (nSPS) is 15.1. The molecule has 0 bridgehead atoms. The lowest BCUT2D eigenvalue weighted by Gasteiger charge is -2.17. The highest BCUT2D eigenvalue weighted by molar-refractivity contribution is 5.86. The Balaban J connectivity index is 2.30. The molecule has 78 valence electrons. The Morgan fingerprint density at radius 2 is 2.13 bits per heavy atom. The number of nitrogens with one attached hydrogen (secondary N) is 1. The second-order valence-corrected chi connectivity index (χ2v) is 4.33. The molecule has 0 atom stereocenters. The van der Waals surface area contributed by atoms with Crippen molar-refractivity contribution >= 4 is 10.9 Å². The highest BCUT2D eigenvalue weighted by Crippen LogP contribution is 2.32. The van der Waals surface area contributed by atoms with Crippen LogP contribution in [-0.2, 0) is 6.42 Å². The van der Waals surface area contributed by atoms with Gasteiger partial charge in [-0.25, -0.2) is 0 Å². The second kappa shape index (κ2) is 3.02. The number of rotatable bonds is 0. The van der Waals surface area contributed by atoms with Gasteiger partial charge in [-0.05, 0) is 43.9 Å². The second-order valence-electron chi connectivity index (χ2n) is 4.33. The Hall–Kier alpha value is -1.44. The topological polar surface area (TPSA) is 25.0 Å². The molecule has 2 nitrogen and oxygen atoms in total. The summed E-state index contributed by atoms with van der Waals surface area (Å²) < 4.78 is 5.66. The third-order valence-corrected chi connectivity index (χ3v) is 3.34. The molecule has 0 radical (unpaired) electrons. The number of fused-ring (bicyclic) bond motifs is 2. The maximum atomic E-state index is 5.66. The van der Waals surface area contributed by atoms with Gasteiger partial charge in [-0.2, -0.15) is 0 Å². The van der Waals surface area contributed by atoms with Gasteiger partial charge in [0.05, 0.1) is 6.61 Å². The van der Waals surface area contributed by atoms with E-state index in [4.69, 9.17) is 4.74 Å². The van der Waals surface area contributed by atoms with Crippen LogP contribution in [0, 0.1) is 13.8 Å². The van der Waals surface area contributed by atoms with Crippen LogP contribution in [0.4, 0.5) is 0 Å². The van der Waals surface area contributed by atoms with Crippen molar-refractivity contribution in [1.29, 1.82) is 0 Å². The zero-order chi connectivity index (χ0) is 10.4. The van der Waals surface area contributed by atoms with E-state index in [1.54, 1.807) is 0 Å². The highest BCUT2D eigenvalue weighted by atomic mass is 16.5. The van der Waals surface area contributed by atoms with Gasteiger partial charge < -0.3 is 9.72 Å². The Labute approximate surface area is 89.3 Å². The summed E-state index contributed by atoms with van der Waals surface area (Å²) in [6, 6.07) is 4.42. The molecule has 0 spiro atoms. The summed E-state index contributed by atoms with van der Waals surface area (Å²) in [5, 5.41) is 1.34. The standard InChI is InChI=1S/C13H15NO/c1-8-9(2)14-12-7-13-10(6-11(8)12)4-3-5-15-13/h6-7,14H,3-5H2,1-2H3. The quantitative estimate of drug-likeness (QED) is 0.696. The van der Waals surface area contributed by atoms with Gasteiger partial charge in [0.1, 0.15) is 5.75 Å². The van der Waals surface area contributed by atoms with E-state index in [1.807, 2.05) is 0 Å². The number of benzene rings is 1. The molecule has 15 heavy (non-hydrogen) atoms. The number of ether oxygens (including phenoxy) is 1. The lowest BCUT2D eigenvalue weighted by Crippen LogP contribution is -2.07. The largest absolute Gasteiger partial charge is 0.493 e. The molecule has 0 amide bonds. The van der Waals surface area contributed by atoms with Gasteiger partial charge in [0.15, 0.2) is 0 Å². The van der Waals surface area contributed by atoms with Crippen molar-refractivity contribution in [2.75, 3.05) is 6.61 Å². The molecular formula is C13H15NO. The van der Waals surface area contributed by atoms with Crippen LogP contribution in [0.15, 0.2) is 12.1 Å². The first-order valence-electron chi connectivity index (χ1n) is 5.50. The summed E-state index contributed by atoms with van der Waals surface area (Å²) in [6.45, 7) is 5.15. The maximum absolute atomic E-state index is 5.66. The molecule has 0 aliphatic carbocycles. The molecule has 0 saturated heterocycles. The van der Waals surface area contributed by atoms with Crippen molar-refractivity contribution in [1.82, 2.24) is 4.98 Å². The Bertz CT molecular complexity index is 525. The predicted molar refractivity (Wildman–Crippen MR) is 61.6 cm³/mol. The van der Waals surface area contributed by atoms with E-state index in [2.05, 4.69) is 31.0 Å². The van der Waals surface area contributed by atoms with Crippen molar-refractivity contribution in [2.24, 2.45) is 0 Å². The molecule has 1 aliphatic rings. The maximum Gasteiger partial charge on any atom is 0.124 e. The molecule has 0 unspecified atom stereocenters. The van der Waals surface area contributed by atoms with Crippen LogP contribution in [0.2, 0.25) is 0 Å². The number of aromatic nitrogens is 1. The average molecular weight is 201 g/mol. The summed E-state index contributed by atoms with van der Waals surface area (Å²) in [5.74, 6) is 1.06. The van der Waals surface area contributed by atoms with Crippen molar-refractivity contribution in [3.05, 3.63) is 29.0 Å². The van der Waals surface area contributed by atoms with E-state index in [0.717, 1.165) is 25.2 Å². The third kappa shape index (κ3) is 1.24. The van der Waals surface area contributed by atoms with Gasteiger partial charge in [0, 0.05) is 22.7 Å². The molecule has 1 aromatic carbocycles. The monoisotopic (exact) mass is 201 g/mol. The van der Waals surface area contributed by atoms with Crippen molar-refractivity contribution < 1.29 is 4.74 Å². The van der Waals surface area contributed by atoms with Crippen LogP contribution in [0.3, 0.4) is 0 Å². The van der Waals surface area contributed by atoms with Gasteiger partial charge in [-0.3, -0.25) is 0 Å². The van der Waals surface area contributed by atoms with Crippen LogP contribution in [0.5, 0.6) is 5.75 Å². The Morgan fingerprint density at radius 1 is 1.27 bits per heavy atom. The lowest BCUT2D eigenvalue weighted by molar-refractivity contribution is 0.289. The molecule has 1 N–H and O–H groups in total. The first-order valence-corrected chi connectivity index (χ1v) is 5.50. The van der Waals surface area contributed by atoms with Crippen molar-refractivity contribution in [2.45, 2.75) is 26.7 Å². The first-order chi connectivity index (χ1) is 7.25. The predicted octanol–water partition coefficient (Wildman–Crippen LogP) is 3.11. The number of H-pyrrole nitrogens is 1. The Morgan fingerprint density at radius 3 is 3.00 bits per heavy atom. The third-order valence-electron chi connectivity index (χ3n) is 3.34. The minimum atomic E-state index is 0.858. The van der Waals surface area contributed by atoms with Crippen molar-refractivity contribution in [3.63, 3.8) is 0 Å². The van der Waals surface area contributed by atoms with Crippen LogP contribution < -0.4 is 4.74 Å². The number of aryl methyl sites for hydroxylation is 3. The van der Waals surface area contributed by atoms with Gasteiger partial charge in [0.25, 0.3) is 0 Å². The van der Waals surface area contributed by atoms with Crippen LogP contribution in [0.1, 0.15) is 23.2 Å². The summed E-state index contributed by atoms with van der Waals surface area (Å²) in [5.41, 5.74) is 5.17. The molecule has 2 heterocycles. The minimum Gasteiger partial charge on any atom is -0.493 e. The molecule has 2 aromatic rings. The first kappa shape index (κ1) is 8.84. The van der Waals surface area contributed by atoms with E-state index in [0.29, 0.717) is 0 Å². The van der Waals surface area contributed by atoms with Crippen LogP contribution in [0.25, 0.3) is 10.9 Å². The van der Waals surface area contributed by atoms with E-state index in [1.165, 1.54) is 27.7 Å². The molecule has 2 heteroatoms. The molecule has 1 aromatic heterocycles. The number of aromatic amines is 1. The van der Waals surface area contributed by atoms with Crippen molar-refractivity contribution in [3.8, 4) is 5.75 Å². The Kier molecular flexibility index (Phi) is 1.78. The van der Waals surface area contributed by atoms with Gasteiger partial charge in [-0.1, -0.05) is 0 Å². The van der Waals surface area contributed by atoms with Crippen LogP contribution in [-0.4, -0.2) is 11.6 Å².